The van der Waals surface area contributed by atoms with Gasteiger partial charge in [-0.3, -0.25) is 4.79 Å². The average molecular weight is 224 g/mol. The number of aliphatic hydroxyl groups is 2. The Labute approximate surface area is 93.9 Å². The minimum Gasteiger partial charge on any atom is -0.399 e. The van der Waals surface area contributed by atoms with Crippen molar-refractivity contribution in [2.45, 2.75) is 12.5 Å². The van der Waals surface area contributed by atoms with Crippen molar-refractivity contribution in [2.24, 2.45) is 0 Å². The van der Waals surface area contributed by atoms with E-state index >= 15 is 0 Å². The molecule has 0 saturated heterocycles. The number of carbonyl (C=O) groups excluding carboxylic acids is 1. The lowest BCUT2D eigenvalue weighted by Crippen LogP contribution is -2.43. The molecule has 1 atom stereocenters. The van der Waals surface area contributed by atoms with Crippen LogP contribution in [0.25, 0.3) is 0 Å². The van der Waals surface area contributed by atoms with Crippen LogP contribution in [-0.4, -0.2) is 34.9 Å². The third-order valence-electron chi connectivity index (χ3n) is 2.14. The van der Waals surface area contributed by atoms with Crippen molar-refractivity contribution in [2.75, 3.05) is 18.9 Å². The molecule has 16 heavy (non-hydrogen) atoms. The summed E-state index contributed by atoms with van der Waals surface area (Å²) in [5.41, 5.74) is 5.23. The predicted molar refractivity (Wildman–Crippen MR) is 60.9 cm³/mol. The van der Waals surface area contributed by atoms with Crippen molar-refractivity contribution < 1.29 is 15.0 Å². The molecule has 0 bridgehead atoms. The number of anilines is 1. The highest BCUT2D eigenvalue weighted by atomic mass is 16.3. The second-order valence-corrected chi connectivity index (χ2v) is 3.96. The first kappa shape index (κ1) is 12.5. The second kappa shape index (κ2) is 4.96. The molecular formula is C11H16N2O3. The predicted octanol–water partition coefficient (Wildman–Crippen LogP) is -0.258. The van der Waals surface area contributed by atoms with E-state index in [0.29, 0.717) is 11.3 Å². The Balaban J connectivity index is 2.56. The zero-order chi connectivity index (χ0) is 12.2. The summed E-state index contributed by atoms with van der Waals surface area (Å²) >= 11 is 0. The first-order valence-electron chi connectivity index (χ1n) is 4.91. The summed E-state index contributed by atoms with van der Waals surface area (Å²) in [5, 5.41) is 20.8. The van der Waals surface area contributed by atoms with Crippen LogP contribution >= 0.6 is 0 Å². The first-order chi connectivity index (χ1) is 7.44. The Morgan fingerprint density at radius 1 is 1.44 bits per heavy atom. The van der Waals surface area contributed by atoms with E-state index < -0.39 is 12.2 Å². The molecule has 1 unspecified atom stereocenters. The number of hydrogen-bond acceptors (Lipinski definition) is 4. The molecule has 0 aliphatic heterocycles. The van der Waals surface area contributed by atoms with Crippen LogP contribution in [-0.2, 0) is 0 Å². The summed E-state index contributed by atoms with van der Waals surface area (Å²) in [7, 11) is 0. The zero-order valence-electron chi connectivity index (χ0n) is 9.10. The van der Waals surface area contributed by atoms with E-state index in [1.54, 1.807) is 24.3 Å². The summed E-state index contributed by atoms with van der Waals surface area (Å²) in [4.78, 5) is 11.6. The third kappa shape index (κ3) is 3.52. The van der Waals surface area contributed by atoms with Crippen LogP contribution in [0.3, 0.4) is 0 Å². The number of rotatable bonds is 4. The number of nitrogens with one attached hydrogen (secondary N) is 1. The second-order valence-electron chi connectivity index (χ2n) is 3.96. The van der Waals surface area contributed by atoms with Gasteiger partial charge in [-0.1, -0.05) is 0 Å². The van der Waals surface area contributed by atoms with Gasteiger partial charge < -0.3 is 21.3 Å². The molecule has 0 aromatic heterocycles. The summed E-state index contributed by atoms with van der Waals surface area (Å²) in [5.74, 6) is -0.311. The van der Waals surface area contributed by atoms with Crippen molar-refractivity contribution in [3.8, 4) is 0 Å². The topological polar surface area (TPSA) is 95.6 Å². The van der Waals surface area contributed by atoms with Crippen LogP contribution in [0.15, 0.2) is 24.3 Å². The van der Waals surface area contributed by atoms with Crippen LogP contribution in [0.4, 0.5) is 5.69 Å². The van der Waals surface area contributed by atoms with Gasteiger partial charge in [-0.15, -0.1) is 0 Å². The lowest BCUT2D eigenvalue weighted by Gasteiger charge is -2.20. The fraction of sp³-hybridized carbons (Fsp3) is 0.364. The summed E-state index contributed by atoms with van der Waals surface area (Å²) in [6, 6.07) is 6.44. The highest BCUT2D eigenvalue weighted by Crippen LogP contribution is 2.06. The van der Waals surface area contributed by atoms with E-state index in [2.05, 4.69) is 5.32 Å². The fourth-order valence-electron chi connectivity index (χ4n) is 1.06. The largest absolute Gasteiger partial charge is 0.399 e. The summed E-state index contributed by atoms with van der Waals surface area (Å²) in [6.45, 7) is 1.03. The van der Waals surface area contributed by atoms with Gasteiger partial charge in [-0.2, -0.15) is 0 Å². The minimum absolute atomic E-state index is 0.00723. The van der Waals surface area contributed by atoms with Gasteiger partial charge in [0.05, 0.1) is 6.61 Å². The van der Waals surface area contributed by atoms with Gasteiger partial charge in [-0.05, 0) is 31.2 Å². The van der Waals surface area contributed by atoms with Crippen LogP contribution in [0.5, 0.6) is 0 Å². The van der Waals surface area contributed by atoms with Crippen LogP contribution < -0.4 is 11.1 Å². The Kier molecular flexibility index (Phi) is 3.87. The quantitative estimate of drug-likeness (QED) is 0.530. The molecule has 0 radical (unpaired) electrons. The molecule has 5 nitrogen and oxygen atoms in total. The molecule has 0 spiro atoms. The van der Waals surface area contributed by atoms with E-state index in [4.69, 9.17) is 10.8 Å². The lowest BCUT2D eigenvalue weighted by molar-refractivity contribution is 0.00320. The molecular weight excluding hydrogens is 208 g/mol. The smallest absolute Gasteiger partial charge is 0.251 e. The highest BCUT2D eigenvalue weighted by molar-refractivity contribution is 5.94. The first-order valence-corrected chi connectivity index (χ1v) is 4.91. The standard InChI is InChI=1S/C11H16N2O3/c1-11(16,7-14)6-13-10(15)8-2-4-9(12)5-3-8/h2-5,14,16H,6-7,12H2,1H3,(H,13,15). The van der Waals surface area contributed by atoms with Crippen molar-refractivity contribution in [3.63, 3.8) is 0 Å². The van der Waals surface area contributed by atoms with Crippen molar-refractivity contribution in [1.82, 2.24) is 5.32 Å². The number of aliphatic hydroxyl groups excluding tert-OH is 1. The average Bonchev–Trinajstić information content (AvgIpc) is 2.27. The fourth-order valence-corrected chi connectivity index (χ4v) is 1.06. The number of nitrogens with two attached hydrogens (primary N) is 1. The summed E-state index contributed by atoms with van der Waals surface area (Å²) < 4.78 is 0. The van der Waals surface area contributed by atoms with E-state index in [0.717, 1.165) is 0 Å². The van der Waals surface area contributed by atoms with Crippen LogP contribution in [0.1, 0.15) is 17.3 Å². The summed E-state index contributed by atoms with van der Waals surface area (Å²) in [6.07, 6.45) is 0. The molecule has 0 fully saturated rings. The molecule has 0 aliphatic rings. The maximum absolute atomic E-state index is 11.6. The molecule has 5 heteroatoms. The molecule has 1 amide bonds. The highest BCUT2D eigenvalue weighted by Gasteiger charge is 2.19. The number of amides is 1. The van der Waals surface area contributed by atoms with E-state index in [-0.39, 0.29) is 12.5 Å². The number of benzene rings is 1. The molecule has 0 aliphatic carbocycles. The molecule has 5 N–H and O–H groups in total. The molecule has 0 heterocycles. The van der Waals surface area contributed by atoms with Crippen molar-refractivity contribution in [1.29, 1.82) is 0 Å². The number of hydrogen-bond donors (Lipinski definition) is 4. The van der Waals surface area contributed by atoms with Gasteiger partial charge in [0.15, 0.2) is 0 Å². The van der Waals surface area contributed by atoms with Crippen LogP contribution in [0, 0.1) is 0 Å². The molecule has 1 rings (SSSR count). The van der Waals surface area contributed by atoms with E-state index in [1.165, 1.54) is 6.92 Å². The molecule has 1 aromatic rings. The normalized spacial score (nSPS) is 14.2. The molecule has 1 aromatic carbocycles. The van der Waals surface area contributed by atoms with Gasteiger partial charge in [0.2, 0.25) is 0 Å². The zero-order valence-corrected chi connectivity index (χ0v) is 9.10. The maximum Gasteiger partial charge on any atom is 0.251 e. The molecule has 0 saturated carbocycles. The number of nitrogen functional groups attached to an aromatic ring is 1. The third-order valence-corrected chi connectivity index (χ3v) is 2.14. The van der Waals surface area contributed by atoms with Gasteiger partial charge in [0, 0.05) is 17.8 Å². The lowest BCUT2D eigenvalue weighted by atomic mass is 10.1. The van der Waals surface area contributed by atoms with Gasteiger partial charge in [0.1, 0.15) is 5.60 Å². The maximum atomic E-state index is 11.6. The van der Waals surface area contributed by atoms with Gasteiger partial charge in [-0.25, -0.2) is 0 Å². The van der Waals surface area contributed by atoms with Crippen molar-refractivity contribution in [3.05, 3.63) is 29.8 Å². The van der Waals surface area contributed by atoms with E-state index in [1.807, 2.05) is 0 Å². The minimum atomic E-state index is -1.30. The Morgan fingerprint density at radius 3 is 2.50 bits per heavy atom. The van der Waals surface area contributed by atoms with Gasteiger partial charge >= 0.3 is 0 Å². The Bertz CT molecular complexity index is 360. The molecule has 88 valence electrons. The number of carbonyl (C=O) groups is 1. The Hall–Kier alpha value is -1.59. The SMILES string of the molecule is CC(O)(CO)CNC(=O)c1ccc(N)cc1. The monoisotopic (exact) mass is 224 g/mol. The van der Waals surface area contributed by atoms with Gasteiger partial charge in [0.25, 0.3) is 5.91 Å². The van der Waals surface area contributed by atoms with E-state index in [9.17, 15) is 9.90 Å². The van der Waals surface area contributed by atoms with Crippen molar-refractivity contribution >= 4 is 11.6 Å². The van der Waals surface area contributed by atoms with Crippen LogP contribution in [0.2, 0.25) is 0 Å². The Morgan fingerprint density at radius 2 is 2.00 bits per heavy atom.